The molecule has 17 heavy (non-hydrogen) atoms. The molecule has 2 fully saturated rings. The van der Waals surface area contributed by atoms with Gasteiger partial charge in [-0.05, 0) is 25.3 Å². The average molecular weight is 250 g/mol. The van der Waals surface area contributed by atoms with Gasteiger partial charge in [-0.1, -0.05) is 0 Å². The van der Waals surface area contributed by atoms with E-state index in [0.29, 0.717) is 25.0 Å². The van der Waals surface area contributed by atoms with Gasteiger partial charge in [0.1, 0.15) is 0 Å². The van der Waals surface area contributed by atoms with E-state index in [4.69, 9.17) is 0 Å². The van der Waals surface area contributed by atoms with Crippen molar-refractivity contribution in [3.8, 4) is 0 Å². The Balaban J connectivity index is 1.81. The van der Waals surface area contributed by atoms with Gasteiger partial charge in [0.2, 0.25) is 5.91 Å². The number of carbonyl (C=O) groups excluding carboxylic acids is 1. The van der Waals surface area contributed by atoms with E-state index in [1.807, 2.05) is 0 Å². The second kappa shape index (κ2) is 4.84. The SMILES string of the molecule is O=C(CCC(F)(F)F)N1C[C@@H]2CCCN[C@@H]2C1. The molecule has 1 amide bonds. The zero-order chi connectivity index (χ0) is 12.5. The lowest BCUT2D eigenvalue weighted by atomic mass is 9.94. The second-order valence-electron chi connectivity index (χ2n) is 4.88. The molecule has 0 aromatic heterocycles. The third-order valence-electron chi connectivity index (χ3n) is 3.57. The molecule has 0 radical (unpaired) electrons. The highest BCUT2D eigenvalue weighted by Gasteiger charge is 2.37. The Morgan fingerprint density at radius 1 is 1.35 bits per heavy atom. The van der Waals surface area contributed by atoms with Crippen LogP contribution in [-0.4, -0.2) is 42.7 Å². The molecule has 3 nitrogen and oxygen atoms in total. The zero-order valence-corrected chi connectivity index (χ0v) is 9.59. The lowest BCUT2D eigenvalue weighted by Gasteiger charge is -2.24. The highest BCUT2D eigenvalue weighted by molar-refractivity contribution is 5.76. The Morgan fingerprint density at radius 2 is 2.12 bits per heavy atom. The zero-order valence-electron chi connectivity index (χ0n) is 9.59. The number of likely N-dealkylation sites (tertiary alicyclic amines) is 1. The van der Waals surface area contributed by atoms with E-state index in [1.165, 1.54) is 0 Å². The molecule has 0 saturated carbocycles. The van der Waals surface area contributed by atoms with Crippen molar-refractivity contribution in [2.24, 2.45) is 5.92 Å². The molecule has 2 atom stereocenters. The van der Waals surface area contributed by atoms with Crippen LogP contribution in [0.3, 0.4) is 0 Å². The predicted molar refractivity (Wildman–Crippen MR) is 56.4 cm³/mol. The minimum atomic E-state index is -4.24. The maximum atomic E-state index is 12.0. The van der Waals surface area contributed by atoms with Crippen molar-refractivity contribution < 1.29 is 18.0 Å². The van der Waals surface area contributed by atoms with Crippen molar-refractivity contribution in [1.82, 2.24) is 10.2 Å². The van der Waals surface area contributed by atoms with E-state index in [0.717, 1.165) is 19.4 Å². The number of piperidine rings is 1. The molecular weight excluding hydrogens is 233 g/mol. The van der Waals surface area contributed by atoms with Crippen molar-refractivity contribution in [2.45, 2.75) is 37.9 Å². The van der Waals surface area contributed by atoms with Crippen LogP contribution in [0.4, 0.5) is 13.2 Å². The standard InChI is InChI=1S/C11H17F3N2O/c12-11(13,14)4-3-10(17)16-6-8-2-1-5-15-9(8)7-16/h8-9,15H,1-7H2/t8-,9+/m0/s1. The minimum absolute atomic E-state index is 0.290. The van der Waals surface area contributed by atoms with Crippen molar-refractivity contribution in [3.05, 3.63) is 0 Å². The number of rotatable bonds is 2. The molecule has 2 heterocycles. The van der Waals surface area contributed by atoms with E-state index in [2.05, 4.69) is 5.32 Å². The molecular formula is C11H17F3N2O. The highest BCUT2D eigenvalue weighted by atomic mass is 19.4. The number of nitrogens with zero attached hydrogens (tertiary/aromatic N) is 1. The third-order valence-corrected chi connectivity index (χ3v) is 3.57. The number of halogens is 3. The maximum Gasteiger partial charge on any atom is 0.389 e. The molecule has 0 aliphatic carbocycles. The Morgan fingerprint density at radius 3 is 2.76 bits per heavy atom. The van der Waals surface area contributed by atoms with Crippen molar-refractivity contribution in [1.29, 1.82) is 0 Å². The first-order chi connectivity index (χ1) is 7.96. The lowest BCUT2D eigenvalue weighted by Crippen LogP contribution is -2.41. The Labute approximate surface area is 98.3 Å². The van der Waals surface area contributed by atoms with Crippen LogP contribution in [0, 0.1) is 5.92 Å². The van der Waals surface area contributed by atoms with Gasteiger partial charge in [-0.15, -0.1) is 0 Å². The van der Waals surface area contributed by atoms with Crippen molar-refractivity contribution >= 4 is 5.91 Å². The first-order valence-corrected chi connectivity index (χ1v) is 6.03. The maximum absolute atomic E-state index is 12.0. The molecule has 0 spiro atoms. The number of amides is 1. The van der Waals surface area contributed by atoms with Gasteiger partial charge in [0, 0.05) is 25.6 Å². The largest absolute Gasteiger partial charge is 0.389 e. The van der Waals surface area contributed by atoms with Gasteiger partial charge in [-0.25, -0.2) is 0 Å². The second-order valence-corrected chi connectivity index (χ2v) is 4.88. The van der Waals surface area contributed by atoms with Crippen molar-refractivity contribution in [3.63, 3.8) is 0 Å². The summed E-state index contributed by atoms with van der Waals surface area (Å²) in [5, 5.41) is 3.32. The van der Waals surface area contributed by atoms with E-state index in [-0.39, 0.29) is 5.91 Å². The van der Waals surface area contributed by atoms with Gasteiger partial charge in [-0.2, -0.15) is 13.2 Å². The normalized spacial score (nSPS) is 29.2. The van der Waals surface area contributed by atoms with Crippen LogP contribution in [0.5, 0.6) is 0 Å². The Kier molecular flexibility index (Phi) is 3.61. The van der Waals surface area contributed by atoms with Gasteiger partial charge >= 0.3 is 6.18 Å². The molecule has 2 saturated heterocycles. The quantitative estimate of drug-likeness (QED) is 0.806. The molecule has 0 aromatic rings. The number of nitrogens with one attached hydrogen (secondary N) is 1. The van der Waals surface area contributed by atoms with Gasteiger partial charge < -0.3 is 10.2 Å². The fourth-order valence-electron chi connectivity index (χ4n) is 2.66. The number of hydrogen-bond donors (Lipinski definition) is 1. The van der Waals surface area contributed by atoms with Crippen LogP contribution in [0.2, 0.25) is 0 Å². The fraction of sp³-hybridized carbons (Fsp3) is 0.909. The van der Waals surface area contributed by atoms with Crippen LogP contribution >= 0.6 is 0 Å². The summed E-state index contributed by atoms with van der Waals surface area (Å²) in [4.78, 5) is 13.2. The first kappa shape index (κ1) is 12.7. The number of fused-ring (bicyclic) bond motifs is 1. The summed E-state index contributed by atoms with van der Waals surface area (Å²) in [5.74, 6) is 0.0668. The summed E-state index contributed by atoms with van der Waals surface area (Å²) >= 11 is 0. The molecule has 2 rings (SSSR count). The summed E-state index contributed by atoms with van der Waals surface area (Å²) in [5.41, 5.74) is 0. The fourth-order valence-corrected chi connectivity index (χ4v) is 2.66. The average Bonchev–Trinajstić information content (AvgIpc) is 2.68. The molecule has 2 aliphatic heterocycles. The van der Waals surface area contributed by atoms with E-state index < -0.39 is 19.0 Å². The van der Waals surface area contributed by atoms with Crippen LogP contribution in [-0.2, 0) is 4.79 Å². The molecule has 0 aromatic carbocycles. The molecule has 0 unspecified atom stereocenters. The van der Waals surface area contributed by atoms with Crippen LogP contribution in [0.1, 0.15) is 25.7 Å². The molecule has 98 valence electrons. The monoisotopic (exact) mass is 250 g/mol. The first-order valence-electron chi connectivity index (χ1n) is 6.03. The van der Waals surface area contributed by atoms with Gasteiger partial charge in [-0.3, -0.25) is 4.79 Å². The van der Waals surface area contributed by atoms with Crippen LogP contribution in [0.25, 0.3) is 0 Å². The Hall–Kier alpha value is -0.780. The van der Waals surface area contributed by atoms with E-state index in [1.54, 1.807) is 4.90 Å². The topological polar surface area (TPSA) is 32.3 Å². The number of carbonyl (C=O) groups is 1. The number of hydrogen-bond acceptors (Lipinski definition) is 2. The summed E-state index contributed by atoms with van der Waals surface area (Å²) in [6, 6.07) is 0.290. The van der Waals surface area contributed by atoms with Gasteiger partial charge in [0.25, 0.3) is 0 Å². The number of alkyl halides is 3. The molecule has 2 aliphatic rings. The highest BCUT2D eigenvalue weighted by Crippen LogP contribution is 2.27. The summed E-state index contributed by atoms with van der Waals surface area (Å²) in [6.45, 7) is 2.14. The lowest BCUT2D eigenvalue weighted by molar-refractivity contribution is -0.148. The predicted octanol–water partition coefficient (Wildman–Crippen LogP) is 1.54. The van der Waals surface area contributed by atoms with Crippen molar-refractivity contribution in [2.75, 3.05) is 19.6 Å². The molecule has 6 heteroatoms. The molecule has 0 bridgehead atoms. The summed E-state index contributed by atoms with van der Waals surface area (Å²) in [7, 11) is 0. The Bertz CT molecular complexity index is 279. The van der Waals surface area contributed by atoms with E-state index in [9.17, 15) is 18.0 Å². The van der Waals surface area contributed by atoms with Crippen LogP contribution in [0.15, 0.2) is 0 Å². The summed E-state index contributed by atoms with van der Waals surface area (Å²) < 4.78 is 36.0. The molecule has 1 N–H and O–H groups in total. The van der Waals surface area contributed by atoms with Gasteiger partial charge in [0.15, 0.2) is 0 Å². The van der Waals surface area contributed by atoms with E-state index >= 15 is 0 Å². The minimum Gasteiger partial charge on any atom is -0.341 e. The van der Waals surface area contributed by atoms with Gasteiger partial charge in [0.05, 0.1) is 6.42 Å². The summed E-state index contributed by atoms with van der Waals surface area (Å²) in [6.07, 6.45) is -3.50. The smallest absolute Gasteiger partial charge is 0.341 e. The van der Waals surface area contributed by atoms with Crippen LogP contribution < -0.4 is 5.32 Å². The third kappa shape index (κ3) is 3.34.